The molecule has 2 unspecified atom stereocenters. The Bertz CT molecular complexity index is 1860. The average Bonchev–Trinajstić information content (AvgIpc) is 1.74. The SMILES string of the molecule is CCCCCCCCCCCCCCCCCCCCCC(=O)O[C@H](COC(=O)CCCCCCCCCCCCCC(C)C)COP(=O)(O)OC[C@@H](O)COP(=O)(O)OC[C@@H](COC(=O)CCCCCCCCC(C)C)OC(=O)CCCCCCCCCCCCCCCC. The van der Waals surface area contributed by atoms with Gasteiger partial charge in [0.25, 0.3) is 0 Å². The molecule has 0 aromatic heterocycles. The van der Waals surface area contributed by atoms with Crippen molar-refractivity contribution in [1.82, 2.24) is 0 Å². The van der Waals surface area contributed by atoms with Gasteiger partial charge < -0.3 is 33.8 Å². The summed E-state index contributed by atoms with van der Waals surface area (Å²) in [5.41, 5.74) is 0. The summed E-state index contributed by atoms with van der Waals surface area (Å²) in [6.07, 6.45) is 57.0. The molecule has 0 rings (SSSR count). The van der Waals surface area contributed by atoms with Crippen LogP contribution in [0.1, 0.15) is 401 Å². The van der Waals surface area contributed by atoms with Crippen molar-refractivity contribution in [3.8, 4) is 0 Å². The molecule has 0 aliphatic rings. The lowest BCUT2D eigenvalue weighted by Crippen LogP contribution is -2.30. The second kappa shape index (κ2) is 68.8. The fourth-order valence-electron chi connectivity index (χ4n) is 11.8. The van der Waals surface area contributed by atoms with Crippen molar-refractivity contribution in [2.75, 3.05) is 39.6 Å². The van der Waals surface area contributed by atoms with E-state index in [1.165, 1.54) is 212 Å². The van der Waals surface area contributed by atoms with Crippen molar-refractivity contribution in [2.45, 2.75) is 419 Å². The summed E-state index contributed by atoms with van der Waals surface area (Å²) in [6, 6.07) is 0. The normalized spacial score (nSPS) is 14.0. The zero-order valence-corrected chi connectivity index (χ0v) is 64.5. The number of unbranched alkanes of at least 4 members (excludes halogenated alkanes) is 46. The van der Waals surface area contributed by atoms with Gasteiger partial charge in [0.1, 0.15) is 19.3 Å². The molecule has 5 atom stereocenters. The highest BCUT2D eigenvalue weighted by atomic mass is 31.2. The molecule has 0 aromatic carbocycles. The molecule has 96 heavy (non-hydrogen) atoms. The monoisotopic (exact) mass is 1410 g/mol. The van der Waals surface area contributed by atoms with E-state index in [-0.39, 0.29) is 25.7 Å². The number of hydrogen-bond donors (Lipinski definition) is 3. The molecule has 19 heteroatoms. The third-order valence-electron chi connectivity index (χ3n) is 18.0. The summed E-state index contributed by atoms with van der Waals surface area (Å²) >= 11 is 0. The zero-order valence-electron chi connectivity index (χ0n) is 62.7. The van der Waals surface area contributed by atoms with Gasteiger partial charge in [-0.25, -0.2) is 9.13 Å². The summed E-state index contributed by atoms with van der Waals surface area (Å²) in [5, 5.41) is 10.6. The first kappa shape index (κ1) is 94.1. The molecule has 0 aliphatic heterocycles. The van der Waals surface area contributed by atoms with Crippen molar-refractivity contribution in [2.24, 2.45) is 11.8 Å². The van der Waals surface area contributed by atoms with E-state index in [4.69, 9.17) is 37.0 Å². The van der Waals surface area contributed by atoms with Gasteiger partial charge in [0.15, 0.2) is 12.2 Å². The van der Waals surface area contributed by atoms with Gasteiger partial charge in [-0.3, -0.25) is 37.3 Å². The van der Waals surface area contributed by atoms with Crippen LogP contribution in [0.15, 0.2) is 0 Å². The van der Waals surface area contributed by atoms with Crippen molar-refractivity contribution < 1.29 is 80.2 Å². The molecular weight excluding hydrogens is 1260 g/mol. The van der Waals surface area contributed by atoms with Crippen LogP contribution in [-0.4, -0.2) is 96.7 Å². The molecule has 0 amide bonds. The van der Waals surface area contributed by atoms with E-state index in [0.717, 1.165) is 102 Å². The van der Waals surface area contributed by atoms with Crippen molar-refractivity contribution in [1.29, 1.82) is 0 Å². The first-order valence-electron chi connectivity index (χ1n) is 40.0. The van der Waals surface area contributed by atoms with Gasteiger partial charge in [-0.15, -0.1) is 0 Å². The van der Waals surface area contributed by atoms with E-state index in [2.05, 4.69) is 41.5 Å². The van der Waals surface area contributed by atoms with Crippen LogP contribution in [0, 0.1) is 11.8 Å². The van der Waals surface area contributed by atoms with Gasteiger partial charge in [0.2, 0.25) is 0 Å². The lowest BCUT2D eigenvalue weighted by molar-refractivity contribution is -0.161. The lowest BCUT2D eigenvalue weighted by atomic mass is 10.0. The van der Waals surface area contributed by atoms with Crippen LogP contribution in [-0.2, 0) is 65.4 Å². The molecule has 0 bridgehead atoms. The maximum Gasteiger partial charge on any atom is 0.472 e. The summed E-state index contributed by atoms with van der Waals surface area (Å²) < 4.78 is 68.5. The number of rotatable bonds is 76. The first-order valence-corrected chi connectivity index (χ1v) is 43.0. The van der Waals surface area contributed by atoms with Crippen molar-refractivity contribution in [3.63, 3.8) is 0 Å². The van der Waals surface area contributed by atoms with Gasteiger partial charge in [0, 0.05) is 25.7 Å². The van der Waals surface area contributed by atoms with E-state index < -0.39 is 97.5 Å². The number of hydrogen-bond acceptors (Lipinski definition) is 15. The van der Waals surface area contributed by atoms with Crippen molar-refractivity contribution in [3.05, 3.63) is 0 Å². The Morgan fingerprint density at radius 3 is 0.708 bits per heavy atom. The average molecular weight is 1410 g/mol. The predicted molar refractivity (Wildman–Crippen MR) is 391 cm³/mol. The first-order chi connectivity index (χ1) is 46.4. The minimum atomic E-state index is -4.96. The molecule has 0 saturated heterocycles. The Kier molecular flexibility index (Phi) is 67.4. The summed E-state index contributed by atoms with van der Waals surface area (Å²) in [5.74, 6) is -0.665. The Morgan fingerprint density at radius 1 is 0.281 bits per heavy atom. The summed E-state index contributed by atoms with van der Waals surface area (Å²) in [7, 11) is -9.91. The second-order valence-corrected chi connectivity index (χ2v) is 31.6. The van der Waals surface area contributed by atoms with Gasteiger partial charge in [-0.05, 0) is 37.5 Å². The number of esters is 4. The summed E-state index contributed by atoms with van der Waals surface area (Å²) in [6.45, 7) is 9.53. The highest BCUT2D eigenvalue weighted by Crippen LogP contribution is 2.45. The molecule has 17 nitrogen and oxygen atoms in total. The minimum absolute atomic E-state index is 0.107. The number of phosphoric ester groups is 2. The highest BCUT2D eigenvalue weighted by Gasteiger charge is 2.30. The Balaban J connectivity index is 5.22. The van der Waals surface area contributed by atoms with E-state index in [1.54, 1.807) is 0 Å². The molecule has 0 fully saturated rings. The third kappa shape index (κ3) is 70.5. The smallest absolute Gasteiger partial charge is 0.462 e. The van der Waals surface area contributed by atoms with Crippen LogP contribution in [0.3, 0.4) is 0 Å². The number of ether oxygens (including phenoxy) is 4. The molecule has 0 aromatic rings. The lowest BCUT2D eigenvalue weighted by Gasteiger charge is -2.21. The molecule has 0 saturated carbocycles. The van der Waals surface area contributed by atoms with E-state index in [9.17, 15) is 43.2 Å². The van der Waals surface area contributed by atoms with Gasteiger partial charge in [-0.1, -0.05) is 350 Å². The molecular formula is C77H150O17P2. The zero-order chi connectivity index (χ0) is 70.7. The van der Waals surface area contributed by atoms with Crippen LogP contribution in [0.2, 0.25) is 0 Å². The standard InChI is InChI=1S/C77H150O17P2/c1-7-9-11-13-15-17-19-21-23-24-25-26-27-29-33-38-42-50-56-62-76(81)93-72(65-87-74(79)59-53-47-40-36-34-30-31-35-39-45-51-57-69(3)4)67-91-95(83,84)89-63-71(78)64-90-96(85,86)92-68-73(66-88-75(80)60-54-48-44-43-46-52-58-70(5)6)94-77(82)61-55-49-41-37-32-28-22-20-18-16-14-12-10-8-2/h69-73,78H,7-68H2,1-6H3,(H,83,84)(H,85,86)/t71-,72-,73-/m1/s1. The Labute approximate surface area is 588 Å². The quantitative estimate of drug-likeness (QED) is 0.0222. The van der Waals surface area contributed by atoms with Crippen LogP contribution in [0.4, 0.5) is 0 Å². The van der Waals surface area contributed by atoms with E-state index >= 15 is 0 Å². The van der Waals surface area contributed by atoms with Crippen LogP contribution in [0.5, 0.6) is 0 Å². The third-order valence-corrected chi connectivity index (χ3v) is 19.9. The Hall–Kier alpha value is -1.94. The van der Waals surface area contributed by atoms with Gasteiger partial charge in [-0.2, -0.15) is 0 Å². The van der Waals surface area contributed by atoms with Crippen LogP contribution < -0.4 is 0 Å². The predicted octanol–water partition coefficient (Wildman–Crippen LogP) is 22.7. The second-order valence-electron chi connectivity index (χ2n) is 28.7. The maximum absolute atomic E-state index is 13.1. The fraction of sp³-hybridized carbons (Fsp3) is 0.948. The molecule has 3 N–H and O–H groups in total. The number of phosphoric acid groups is 2. The Morgan fingerprint density at radius 2 is 0.479 bits per heavy atom. The topological polar surface area (TPSA) is 237 Å². The van der Waals surface area contributed by atoms with Gasteiger partial charge >= 0.3 is 39.5 Å². The van der Waals surface area contributed by atoms with Crippen LogP contribution in [0.25, 0.3) is 0 Å². The largest absolute Gasteiger partial charge is 0.472 e. The molecule has 0 radical (unpaired) electrons. The van der Waals surface area contributed by atoms with Gasteiger partial charge in [0.05, 0.1) is 26.4 Å². The minimum Gasteiger partial charge on any atom is -0.462 e. The molecule has 570 valence electrons. The maximum atomic E-state index is 13.1. The summed E-state index contributed by atoms with van der Waals surface area (Å²) in [4.78, 5) is 72.8. The van der Waals surface area contributed by atoms with Crippen LogP contribution >= 0.6 is 15.6 Å². The molecule has 0 aliphatic carbocycles. The molecule has 0 spiro atoms. The number of carbonyl (C=O) groups excluding carboxylic acids is 4. The number of carbonyl (C=O) groups is 4. The molecule has 0 heterocycles. The number of aliphatic hydroxyl groups is 1. The van der Waals surface area contributed by atoms with Crippen molar-refractivity contribution >= 4 is 39.5 Å². The van der Waals surface area contributed by atoms with E-state index in [0.29, 0.717) is 31.6 Å². The number of aliphatic hydroxyl groups excluding tert-OH is 1. The fourth-order valence-corrected chi connectivity index (χ4v) is 13.4. The van der Waals surface area contributed by atoms with E-state index in [1.807, 2.05) is 0 Å². The highest BCUT2D eigenvalue weighted by molar-refractivity contribution is 7.47.